The lowest BCUT2D eigenvalue weighted by atomic mass is 10.1. The zero-order valence-corrected chi connectivity index (χ0v) is 17.5. The van der Waals surface area contributed by atoms with Crippen LogP contribution in [-0.4, -0.2) is 14.1 Å². The van der Waals surface area contributed by atoms with Gasteiger partial charge in [-0.05, 0) is 39.4 Å². The summed E-state index contributed by atoms with van der Waals surface area (Å²) in [6.45, 7) is 20.3. The molecule has 0 saturated carbocycles. The van der Waals surface area contributed by atoms with Crippen LogP contribution in [-0.2, 0) is 0 Å². The van der Waals surface area contributed by atoms with Gasteiger partial charge < -0.3 is 5.32 Å². The van der Waals surface area contributed by atoms with Gasteiger partial charge in [0.1, 0.15) is 0 Å². The van der Waals surface area contributed by atoms with E-state index in [-0.39, 0.29) is 0 Å². The zero-order chi connectivity index (χ0) is 19.6. The molecule has 0 saturated heterocycles. The number of hydrogen-bond acceptors (Lipinski definition) is 1. The molecular formula is C23H43N. The zero-order valence-electron chi connectivity index (χ0n) is 17.5. The Kier molecular flexibility index (Phi) is 41.8. The van der Waals surface area contributed by atoms with Crippen molar-refractivity contribution in [3.63, 3.8) is 0 Å². The molecule has 1 aromatic rings. The third-order valence-electron chi connectivity index (χ3n) is 2.64. The lowest BCUT2D eigenvalue weighted by molar-refractivity contribution is 0.807. The molecule has 0 aromatic heterocycles. The molecule has 24 heavy (non-hydrogen) atoms. The second kappa shape index (κ2) is 33.1. The van der Waals surface area contributed by atoms with Gasteiger partial charge >= 0.3 is 0 Å². The first-order valence-corrected chi connectivity index (χ1v) is 9.07. The van der Waals surface area contributed by atoms with E-state index in [1.54, 1.807) is 0 Å². The Balaban J connectivity index is -0.000000122. The van der Waals surface area contributed by atoms with E-state index in [0.29, 0.717) is 0 Å². The van der Waals surface area contributed by atoms with Crippen molar-refractivity contribution in [3.05, 3.63) is 67.3 Å². The number of benzene rings is 1. The Hall–Kier alpha value is -1.60. The molecule has 0 unspecified atom stereocenters. The van der Waals surface area contributed by atoms with Crippen molar-refractivity contribution >= 4 is 6.08 Å². The minimum atomic E-state index is 1.17. The maximum Gasteiger partial charge on any atom is -0.0167 e. The van der Waals surface area contributed by atoms with Gasteiger partial charge in [0.05, 0.1) is 0 Å². The van der Waals surface area contributed by atoms with Crippen molar-refractivity contribution in [2.45, 2.75) is 60.3 Å². The minimum absolute atomic E-state index is 1.17. The van der Waals surface area contributed by atoms with Gasteiger partial charge in [-0.15, -0.1) is 13.2 Å². The standard InChI is InChI=1S/C9H18.C8H8.C2H7N.C2H6.C2H4/c1-4-6-7-8-9(3)5-2;1-2-8-6-4-3-5-7-8;1-3-2;2*1-2/h8H,4-7H2,1-3H3;2-7H,1H2;3H,1-2H3;1-2H3;1-2H2/b9-8-;;;;. The Morgan fingerprint density at radius 2 is 1.50 bits per heavy atom. The summed E-state index contributed by atoms with van der Waals surface area (Å²) in [5.74, 6) is 0. The van der Waals surface area contributed by atoms with Gasteiger partial charge in [0, 0.05) is 0 Å². The Bertz CT molecular complexity index is 338. The first-order chi connectivity index (χ1) is 11.7. The van der Waals surface area contributed by atoms with Crippen molar-refractivity contribution in [1.29, 1.82) is 0 Å². The maximum absolute atomic E-state index is 3.63. The molecule has 0 aliphatic carbocycles. The number of nitrogens with one attached hydrogen (secondary N) is 1. The topological polar surface area (TPSA) is 12.0 Å². The van der Waals surface area contributed by atoms with E-state index in [9.17, 15) is 0 Å². The van der Waals surface area contributed by atoms with E-state index >= 15 is 0 Å². The number of allylic oxidation sites excluding steroid dienone is 2. The smallest absolute Gasteiger partial charge is 0.0167 e. The third-order valence-corrected chi connectivity index (χ3v) is 2.64. The molecule has 140 valence electrons. The molecule has 1 nitrogen and oxygen atoms in total. The quantitative estimate of drug-likeness (QED) is 0.434. The molecule has 0 heterocycles. The predicted octanol–water partition coefficient (Wildman–Crippen LogP) is 7.53. The molecule has 1 heteroatoms. The fourth-order valence-electron chi connectivity index (χ4n) is 1.29. The molecule has 1 rings (SSSR count). The van der Waals surface area contributed by atoms with E-state index in [2.05, 4.69) is 51.9 Å². The first-order valence-electron chi connectivity index (χ1n) is 9.07. The Morgan fingerprint density at radius 1 is 1.04 bits per heavy atom. The minimum Gasteiger partial charge on any atom is -0.323 e. The maximum atomic E-state index is 3.63. The highest BCUT2D eigenvalue weighted by Crippen LogP contribution is 2.03. The number of rotatable bonds is 5. The summed E-state index contributed by atoms with van der Waals surface area (Å²) in [7, 11) is 3.75. The third kappa shape index (κ3) is 32.4. The molecule has 0 bridgehead atoms. The fourth-order valence-corrected chi connectivity index (χ4v) is 1.29. The molecular weight excluding hydrogens is 290 g/mol. The predicted molar refractivity (Wildman–Crippen MR) is 118 cm³/mol. The molecule has 0 amide bonds. The highest BCUT2D eigenvalue weighted by atomic mass is 14.7. The molecule has 0 atom stereocenters. The van der Waals surface area contributed by atoms with Gasteiger partial charge in [0.25, 0.3) is 0 Å². The van der Waals surface area contributed by atoms with Gasteiger partial charge in [-0.3, -0.25) is 0 Å². The van der Waals surface area contributed by atoms with Gasteiger partial charge in [0.2, 0.25) is 0 Å². The van der Waals surface area contributed by atoms with Crippen LogP contribution < -0.4 is 5.32 Å². The van der Waals surface area contributed by atoms with E-state index < -0.39 is 0 Å². The van der Waals surface area contributed by atoms with Crippen LogP contribution in [0.3, 0.4) is 0 Å². The lowest BCUT2D eigenvalue weighted by Gasteiger charge is -1.93. The van der Waals surface area contributed by atoms with Crippen molar-refractivity contribution in [1.82, 2.24) is 5.32 Å². The summed E-state index contributed by atoms with van der Waals surface area (Å²) >= 11 is 0. The van der Waals surface area contributed by atoms with Gasteiger partial charge in [-0.25, -0.2) is 0 Å². The normalized spacial score (nSPS) is 8.54. The highest BCUT2D eigenvalue weighted by molar-refractivity contribution is 5.45. The van der Waals surface area contributed by atoms with Crippen LogP contribution in [0.15, 0.2) is 61.7 Å². The van der Waals surface area contributed by atoms with Crippen molar-refractivity contribution in [2.75, 3.05) is 14.1 Å². The number of unbranched alkanes of at least 4 members (excludes halogenated alkanes) is 2. The van der Waals surface area contributed by atoms with E-state index in [1.165, 1.54) is 36.8 Å². The Morgan fingerprint density at radius 3 is 1.79 bits per heavy atom. The van der Waals surface area contributed by atoms with Gasteiger partial charge in [0.15, 0.2) is 0 Å². The lowest BCUT2D eigenvalue weighted by Crippen LogP contribution is -1.89. The van der Waals surface area contributed by atoms with Crippen molar-refractivity contribution < 1.29 is 0 Å². The molecule has 0 fully saturated rings. The SMILES string of the molecule is C=C.C=Cc1ccccc1.CC.CCCC/C=C(/C)CC.CNC. The van der Waals surface area contributed by atoms with Crippen LogP contribution in [0.2, 0.25) is 0 Å². The Labute approximate surface area is 153 Å². The monoisotopic (exact) mass is 333 g/mol. The van der Waals surface area contributed by atoms with Crippen LogP contribution >= 0.6 is 0 Å². The molecule has 0 radical (unpaired) electrons. The molecule has 1 N–H and O–H groups in total. The molecule has 0 aliphatic rings. The van der Waals surface area contributed by atoms with E-state index in [4.69, 9.17) is 0 Å². The van der Waals surface area contributed by atoms with Crippen LogP contribution in [0.5, 0.6) is 0 Å². The van der Waals surface area contributed by atoms with Crippen LogP contribution in [0.25, 0.3) is 6.08 Å². The highest BCUT2D eigenvalue weighted by Gasteiger charge is 1.82. The van der Waals surface area contributed by atoms with Gasteiger partial charge in [-0.2, -0.15) is 0 Å². The second-order valence-electron chi connectivity index (χ2n) is 4.66. The van der Waals surface area contributed by atoms with E-state index in [1.807, 2.05) is 64.4 Å². The summed E-state index contributed by atoms with van der Waals surface area (Å²) in [5.41, 5.74) is 2.70. The number of hydrogen-bond donors (Lipinski definition) is 1. The fraction of sp³-hybridized carbons (Fsp3) is 0.478. The van der Waals surface area contributed by atoms with Crippen molar-refractivity contribution in [3.8, 4) is 0 Å². The largest absolute Gasteiger partial charge is 0.323 e. The average molecular weight is 334 g/mol. The molecule has 0 spiro atoms. The summed E-state index contributed by atoms with van der Waals surface area (Å²) < 4.78 is 0. The molecule has 0 aliphatic heterocycles. The van der Waals surface area contributed by atoms with Crippen LogP contribution in [0.1, 0.15) is 65.9 Å². The summed E-state index contributed by atoms with van der Waals surface area (Å²) in [6, 6.07) is 10.0. The van der Waals surface area contributed by atoms with Gasteiger partial charge in [-0.1, -0.05) is 95.2 Å². The van der Waals surface area contributed by atoms with Crippen molar-refractivity contribution in [2.24, 2.45) is 0 Å². The summed E-state index contributed by atoms with van der Waals surface area (Å²) in [5, 5.41) is 2.75. The first kappa shape index (κ1) is 30.3. The summed E-state index contributed by atoms with van der Waals surface area (Å²) in [6.07, 6.45) is 9.33. The van der Waals surface area contributed by atoms with Crippen LogP contribution in [0, 0.1) is 0 Å². The summed E-state index contributed by atoms with van der Waals surface area (Å²) in [4.78, 5) is 0. The van der Waals surface area contributed by atoms with Crippen LogP contribution in [0.4, 0.5) is 0 Å². The molecule has 1 aromatic carbocycles. The average Bonchev–Trinajstić information content (AvgIpc) is 2.67. The van der Waals surface area contributed by atoms with E-state index in [0.717, 1.165) is 0 Å². The second-order valence-corrected chi connectivity index (χ2v) is 4.66.